The Bertz CT molecular complexity index is 599. The van der Waals surface area contributed by atoms with Gasteiger partial charge in [0, 0.05) is 0 Å². The molecule has 4 aliphatic rings. The average Bonchev–Trinajstić information content (AvgIpc) is 3.04. The van der Waals surface area contributed by atoms with Crippen molar-refractivity contribution >= 4 is 0 Å². The van der Waals surface area contributed by atoms with Crippen LogP contribution in [0.2, 0.25) is 0 Å². The normalized spacial score (nSPS) is 45.3. The molecule has 0 aromatic rings. The fourth-order valence-electron chi connectivity index (χ4n) is 9.11. The topological polar surface area (TPSA) is 0 Å². The summed E-state index contributed by atoms with van der Waals surface area (Å²) in [6.45, 7) is 15.2. The molecule has 3 saturated carbocycles. The molecular formula is C29H50. The second-order valence-corrected chi connectivity index (χ2v) is 12.8. The molecule has 4 aliphatic carbocycles. The maximum Gasteiger partial charge on any atom is -0.00851 e. The maximum atomic E-state index is 2.77. The van der Waals surface area contributed by atoms with Crippen molar-refractivity contribution in [1.82, 2.24) is 0 Å². The molecule has 0 amide bonds. The van der Waals surface area contributed by atoms with Gasteiger partial charge in [0.05, 0.1) is 0 Å². The van der Waals surface area contributed by atoms with Crippen LogP contribution in [0, 0.1) is 52.3 Å². The Kier molecular flexibility index (Phi) is 6.32. The summed E-state index contributed by atoms with van der Waals surface area (Å²) in [6.07, 6.45) is 20.4. The van der Waals surface area contributed by atoms with Crippen LogP contribution in [0.3, 0.4) is 0 Å². The molecule has 0 heterocycles. The lowest BCUT2D eigenvalue weighted by Gasteiger charge is -2.58. The first kappa shape index (κ1) is 22.0. The summed E-state index contributed by atoms with van der Waals surface area (Å²) in [5.74, 6) is 6.78. The number of allylic oxidation sites excluding steroid dienone is 2. The molecule has 0 aromatic carbocycles. The van der Waals surface area contributed by atoms with Crippen molar-refractivity contribution in [1.29, 1.82) is 0 Å². The SMILES string of the molecule is CC[C@H]1CCC2(C)C(=CCC3C2CCC2(C)C([C@H](C)CCCC(C)C)CC[C@@H]32)C1. The van der Waals surface area contributed by atoms with E-state index in [1.807, 2.05) is 5.57 Å². The number of hydrogen-bond donors (Lipinski definition) is 0. The van der Waals surface area contributed by atoms with Crippen LogP contribution in [-0.4, -0.2) is 0 Å². The van der Waals surface area contributed by atoms with E-state index in [0.29, 0.717) is 10.8 Å². The first-order valence-electron chi connectivity index (χ1n) is 13.5. The number of rotatable bonds is 6. The zero-order chi connectivity index (χ0) is 20.8. The van der Waals surface area contributed by atoms with Gasteiger partial charge in [-0.15, -0.1) is 0 Å². The predicted octanol–water partition coefficient (Wildman–Crippen LogP) is 9.05. The van der Waals surface area contributed by atoms with E-state index in [1.54, 1.807) is 0 Å². The average molecular weight is 399 g/mol. The highest BCUT2D eigenvalue weighted by molar-refractivity contribution is 5.25. The Hall–Kier alpha value is -0.260. The molecule has 4 rings (SSSR count). The lowest BCUT2D eigenvalue weighted by atomic mass is 9.46. The molecule has 0 radical (unpaired) electrons. The highest BCUT2D eigenvalue weighted by atomic mass is 14.6. The van der Waals surface area contributed by atoms with E-state index in [0.717, 1.165) is 41.4 Å². The van der Waals surface area contributed by atoms with Crippen LogP contribution in [0.15, 0.2) is 11.6 Å². The molecule has 0 spiro atoms. The van der Waals surface area contributed by atoms with Crippen LogP contribution in [0.1, 0.15) is 119 Å². The fourth-order valence-corrected chi connectivity index (χ4v) is 9.11. The second-order valence-electron chi connectivity index (χ2n) is 12.8. The minimum atomic E-state index is 0.552. The van der Waals surface area contributed by atoms with E-state index in [-0.39, 0.29) is 0 Å². The molecule has 166 valence electrons. The van der Waals surface area contributed by atoms with Gasteiger partial charge in [0.1, 0.15) is 0 Å². The van der Waals surface area contributed by atoms with Crippen molar-refractivity contribution in [2.75, 3.05) is 0 Å². The Balaban J connectivity index is 1.48. The molecule has 0 saturated heterocycles. The number of fused-ring (bicyclic) bond motifs is 5. The molecule has 0 nitrogen and oxygen atoms in total. The zero-order valence-corrected chi connectivity index (χ0v) is 20.6. The summed E-state index contributed by atoms with van der Waals surface area (Å²) in [5.41, 5.74) is 3.08. The van der Waals surface area contributed by atoms with Gasteiger partial charge >= 0.3 is 0 Å². The first-order chi connectivity index (χ1) is 13.8. The molecule has 29 heavy (non-hydrogen) atoms. The largest absolute Gasteiger partial charge is 0.0845 e. The molecule has 0 aliphatic heterocycles. The summed E-state index contributed by atoms with van der Waals surface area (Å²) < 4.78 is 0. The Morgan fingerprint density at radius 3 is 2.48 bits per heavy atom. The summed E-state index contributed by atoms with van der Waals surface area (Å²) in [4.78, 5) is 0. The second kappa shape index (κ2) is 8.35. The van der Waals surface area contributed by atoms with E-state index in [9.17, 15) is 0 Å². The van der Waals surface area contributed by atoms with Crippen LogP contribution in [0.5, 0.6) is 0 Å². The molecule has 0 bridgehead atoms. The van der Waals surface area contributed by atoms with Crippen molar-refractivity contribution in [2.45, 2.75) is 119 Å². The minimum Gasteiger partial charge on any atom is -0.0845 e. The highest BCUT2D eigenvalue weighted by Crippen LogP contribution is 2.67. The van der Waals surface area contributed by atoms with Gasteiger partial charge in [0.15, 0.2) is 0 Å². The van der Waals surface area contributed by atoms with Gasteiger partial charge in [-0.3, -0.25) is 0 Å². The van der Waals surface area contributed by atoms with Gasteiger partial charge in [-0.2, -0.15) is 0 Å². The summed E-state index contributed by atoms with van der Waals surface area (Å²) >= 11 is 0. The third-order valence-electron chi connectivity index (χ3n) is 11.0. The van der Waals surface area contributed by atoms with Gasteiger partial charge in [-0.05, 0) is 104 Å². The Morgan fingerprint density at radius 2 is 1.76 bits per heavy atom. The predicted molar refractivity (Wildman–Crippen MR) is 127 cm³/mol. The third-order valence-corrected chi connectivity index (χ3v) is 11.0. The van der Waals surface area contributed by atoms with Crippen LogP contribution in [0.25, 0.3) is 0 Å². The highest BCUT2D eigenvalue weighted by Gasteiger charge is 2.58. The molecule has 0 N–H and O–H groups in total. The van der Waals surface area contributed by atoms with Crippen molar-refractivity contribution in [3.05, 3.63) is 11.6 Å². The minimum absolute atomic E-state index is 0.552. The van der Waals surface area contributed by atoms with Crippen LogP contribution in [-0.2, 0) is 0 Å². The van der Waals surface area contributed by atoms with Crippen molar-refractivity contribution in [3.63, 3.8) is 0 Å². The van der Waals surface area contributed by atoms with Gasteiger partial charge in [0.2, 0.25) is 0 Å². The quantitative estimate of drug-likeness (QED) is 0.391. The third kappa shape index (κ3) is 3.78. The van der Waals surface area contributed by atoms with Crippen LogP contribution < -0.4 is 0 Å². The van der Waals surface area contributed by atoms with Crippen molar-refractivity contribution in [3.8, 4) is 0 Å². The zero-order valence-electron chi connectivity index (χ0n) is 20.6. The smallest absolute Gasteiger partial charge is 0.00851 e. The molecule has 5 unspecified atom stereocenters. The number of hydrogen-bond acceptors (Lipinski definition) is 0. The van der Waals surface area contributed by atoms with Crippen LogP contribution in [0.4, 0.5) is 0 Å². The summed E-state index contributed by atoms with van der Waals surface area (Å²) in [7, 11) is 0. The lowest BCUT2D eigenvalue weighted by Crippen LogP contribution is -2.50. The van der Waals surface area contributed by atoms with Gasteiger partial charge in [-0.1, -0.05) is 78.9 Å². The van der Waals surface area contributed by atoms with Crippen molar-refractivity contribution in [2.24, 2.45) is 52.3 Å². The molecular weight excluding hydrogens is 348 g/mol. The van der Waals surface area contributed by atoms with Gasteiger partial charge < -0.3 is 0 Å². The molecule has 8 atom stereocenters. The molecule has 3 fully saturated rings. The van der Waals surface area contributed by atoms with E-state index in [1.165, 1.54) is 77.0 Å². The van der Waals surface area contributed by atoms with E-state index >= 15 is 0 Å². The van der Waals surface area contributed by atoms with Crippen molar-refractivity contribution < 1.29 is 0 Å². The Morgan fingerprint density at radius 1 is 0.966 bits per heavy atom. The monoisotopic (exact) mass is 398 g/mol. The molecule has 0 heteroatoms. The van der Waals surface area contributed by atoms with Crippen LogP contribution >= 0.6 is 0 Å². The van der Waals surface area contributed by atoms with Gasteiger partial charge in [-0.25, -0.2) is 0 Å². The van der Waals surface area contributed by atoms with E-state index in [4.69, 9.17) is 0 Å². The maximum absolute atomic E-state index is 2.77. The van der Waals surface area contributed by atoms with Gasteiger partial charge in [0.25, 0.3) is 0 Å². The summed E-state index contributed by atoms with van der Waals surface area (Å²) in [6, 6.07) is 0. The summed E-state index contributed by atoms with van der Waals surface area (Å²) in [5, 5.41) is 0. The standard InChI is InChI=1S/C29H50/c1-7-22-15-17-28(5)23(19-22)11-12-24-26-14-13-25(21(4)10-8-9-20(2)3)29(26,6)18-16-27(24)28/h11,20-22,24-27H,7-10,12-19H2,1-6H3/t21-,22+,24?,25?,26+,27?,28?,29?/m1/s1. The van der Waals surface area contributed by atoms with E-state index in [2.05, 4.69) is 47.6 Å². The Labute approximate surface area is 182 Å². The molecule has 0 aromatic heterocycles. The lowest BCUT2D eigenvalue weighted by molar-refractivity contribution is -0.0528. The fraction of sp³-hybridized carbons (Fsp3) is 0.931. The first-order valence-corrected chi connectivity index (χ1v) is 13.5. The van der Waals surface area contributed by atoms with E-state index < -0.39 is 0 Å².